The summed E-state index contributed by atoms with van der Waals surface area (Å²) in [6.45, 7) is 3.75. The van der Waals surface area contributed by atoms with Crippen LogP contribution in [0.2, 0.25) is 0 Å². The molecule has 0 saturated heterocycles. The Bertz CT molecular complexity index is 2720. The number of rotatable bonds is 13. The van der Waals surface area contributed by atoms with Crippen molar-refractivity contribution >= 4 is 78.4 Å². The van der Waals surface area contributed by atoms with Gasteiger partial charge in [-0.05, 0) is 126 Å². The van der Waals surface area contributed by atoms with Crippen molar-refractivity contribution in [2.45, 2.75) is 0 Å². The zero-order valence-electron chi connectivity index (χ0n) is 33.2. The summed E-state index contributed by atoms with van der Waals surface area (Å²) in [6.07, 6.45) is 9.49. The lowest BCUT2D eigenvalue weighted by Crippen LogP contribution is -2.13. The summed E-state index contributed by atoms with van der Waals surface area (Å²) in [5.74, 6) is 0. The molecule has 4 nitrogen and oxygen atoms in total. The number of hydrogen-bond acceptors (Lipinski definition) is 4. The van der Waals surface area contributed by atoms with E-state index < -0.39 is 0 Å². The molecule has 9 aromatic rings. The lowest BCUT2D eigenvalue weighted by atomic mass is 10.1. The highest BCUT2D eigenvalue weighted by Crippen LogP contribution is 2.43. The molecule has 0 unspecified atom stereocenters. The highest BCUT2D eigenvalue weighted by atomic mass is 15.2. The molecule has 0 fully saturated rings. The topological polar surface area (TPSA) is 21.8 Å². The summed E-state index contributed by atoms with van der Waals surface area (Å²) < 4.78 is 0. The largest absolute Gasteiger partial charge is 0.362 e. The lowest BCUT2D eigenvalue weighted by molar-refractivity contribution is 1.25. The van der Waals surface area contributed by atoms with Crippen molar-refractivity contribution in [3.8, 4) is 0 Å². The molecule has 0 atom stereocenters. The molecule has 0 amide bonds. The van der Waals surface area contributed by atoms with E-state index in [1.807, 2.05) is 24.4 Å². The Balaban J connectivity index is 1.12. The molecule has 9 aromatic carbocycles. The molecule has 0 saturated carbocycles. The van der Waals surface area contributed by atoms with Gasteiger partial charge in [0.05, 0.1) is 11.4 Å². The van der Waals surface area contributed by atoms with E-state index in [0.717, 1.165) is 56.9 Å². The molecule has 0 bridgehead atoms. The van der Waals surface area contributed by atoms with Gasteiger partial charge in [0.1, 0.15) is 0 Å². The third kappa shape index (κ3) is 7.91. The van der Waals surface area contributed by atoms with Gasteiger partial charge in [-0.15, -0.1) is 0 Å². The van der Waals surface area contributed by atoms with Crippen LogP contribution in [0.15, 0.2) is 255 Å². The summed E-state index contributed by atoms with van der Waals surface area (Å²) in [4.78, 5) is 7.00. The highest BCUT2D eigenvalue weighted by molar-refractivity contribution is 6.00. The SMILES string of the molecule is C=C/C=C\C=C/Nc1ccc(N(c2ccc(N(c3ccccc3)c3cccc4ccccc34)cc2)c2ccc(N(c3ccccc3)c3cccc4ccccc34)cc2)cc1. The molecule has 0 spiro atoms. The van der Waals surface area contributed by atoms with E-state index in [2.05, 4.69) is 245 Å². The van der Waals surface area contributed by atoms with Crippen molar-refractivity contribution < 1.29 is 0 Å². The van der Waals surface area contributed by atoms with Gasteiger partial charge in [-0.3, -0.25) is 0 Å². The molecule has 1 N–H and O–H groups in total. The minimum Gasteiger partial charge on any atom is -0.362 e. The molecule has 0 aromatic heterocycles. The van der Waals surface area contributed by atoms with Gasteiger partial charge < -0.3 is 20.0 Å². The predicted octanol–water partition coefficient (Wildman–Crippen LogP) is 16.1. The Morgan fingerprint density at radius 1 is 0.317 bits per heavy atom. The van der Waals surface area contributed by atoms with Gasteiger partial charge in [0, 0.05) is 62.5 Å². The number of allylic oxidation sites excluding steroid dienone is 4. The first-order chi connectivity index (χ1) is 29.7. The number of benzene rings is 9. The number of fused-ring (bicyclic) bond motifs is 2. The van der Waals surface area contributed by atoms with Crippen LogP contribution in [0.25, 0.3) is 21.5 Å². The fraction of sp³-hybridized carbons (Fsp3) is 0. The van der Waals surface area contributed by atoms with Gasteiger partial charge in [0.2, 0.25) is 0 Å². The molecule has 9 rings (SSSR count). The Kier molecular flexibility index (Phi) is 11.0. The maximum absolute atomic E-state index is 3.75. The molecule has 0 radical (unpaired) electrons. The van der Waals surface area contributed by atoms with Crippen molar-refractivity contribution in [2.75, 3.05) is 20.0 Å². The van der Waals surface area contributed by atoms with Crippen LogP contribution in [0.5, 0.6) is 0 Å². The van der Waals surface area contributed by atoms with Crippen LogP contribution in [0.4, 0.5) is 56.9 Å². The predicted molar refractivity (Wildman–Crippen MR) is 258 cm³/mol. The van der Waals surface area contributed by atoms with E-state index >= 15 is 0 Å². The van der Waals surface area contributed by atoms with Crippen molar-refractivity contribution in [1.29, 1.82) is 0 Å². The second-order valence-electron chi connectivity index (χ2n) is 14.4. The molecule has 288 valence electrons. The standard InChI is InChI=1S/C56H44N4/c1-2-3-4-15-42-57-45-30-32-48(33-31-45)58(49-34-38-51(39-35-49)59(46-22-7-5-8-23-46)55-28-16-20-43-18-11-13-26-53(43)55)50-36-40-52(41-37-50)60(47-24-9-6-10-25-47)56-29-17-21-44-19-12-14-27-54(44)56/h2-42,57H,1H2/b4-3-,42-15-. The zero-order valence-corrected chi connectivity index (χ0v) is 33.2. The maximum Gasteiger partial charge on any atom is 0.0540 e. The first-order valence-corrected chi connectivity index (χ1v) is 20.2. The third-order valence-corrected chi connectivity index (χ3v) is 10.6. The fourth-order valence-electron chi connectivity index (χ4n) is 7.81. The minimum atomic E-state index is 0.995. The molecule has 0 aliphatic rings. The quantitative estimate of drug-likeness (QED) is 0.118. The second kappa shape index (κ2) is 17.6. The summed E-state index contributed by atoms with van der Waals surface area (Å²) in [5.41, 5.74) is 10.7. The van der Waals surface area contributed by atoms with Crippen molar-refractivity contribution in [2.24, 2.45) is 0 Å². The monoisotopic (exact) mass is 772 g/mol. The third-order valence-electron chi connectivity index (χ3n) is 10.6. The van der Waals surface area contributed by atoms with E-state index in [-0.39, 0.29) is 0 Å². The van der Waals surface area contributed by atoms with Crippen LogP contribution in [-0.4, -0.2) is 0 Å². The van der Waals surface area contributed by atoms with E-state index in [0.29, 0.717) is 0 Å². The maximum atomic E-state index is 3.75. The Morgan fingerprint density at radius 3 is 1.13 bits per heavy atom. The molecule has 4 heteroatoms. The summed E-state index contributed by atoms with van der Waals surface area (Å²) in [6, 6.07) is 77.7. The van der Waals surface area contributed by atoms with E-state index in [1.54, 1.807) is 6.08 Å². The smallest absolute Gasteiger partial charge is 0.0540 e. The fourth-order valence-corrected chi connectivity index (χ4v) is 7.81. The van der Waals surface area contributed by atoms with Crippen LogP contribution in [-0.2, 0) is 0 Å². The minimum absolute atomic E-state index is 0.995. The lowest BCUT2D eigenvalue weighted by Gasteiger charge is -2.30. The van der Waals surface area contributed by atoms with Gasteiger partial charge in [0.25, 0.3) is 0 Å². The zero-order chi connectivity index (χ0) is 40.5. The van der Waals surface area contributed by atoms with Gasteiger partial charge in [-0.1, -0.05) is 134 Å². The van der Waals surface area contributed by atoms with E-state index in [1.165, 1.54) is 21.5 Å². The average Bonchev–Trinajstić information content (AvgIpc) is 3.31. The number of nitrogens with zero attached hydrogens (tertiary/aromatic N) is 3. The first-order valence-electron chi connectivity index (χ1n) is 20.2. The summed E-state index contributed by atoms with van der Waals surface area (Å²) >= 11 is 0. The molecule has 0 aliphatic carbocycles. The van der Waals surface area contributed by atoms with Crippen LogP contribution < -0.4 is 20.0 Å². The number of nitrogens with one attached hydrogen (secondary N) is 1. The van der Waals surface area contributed by atoms with Crippen LogP contribution in [0.1, 0.15) is 0 Å². The molecule has 0 heterocycles. The first kappa shape index (κ1) is 37.5. The highest BCUT2D eigenvalue weighted by Gasteiger charge is 2.19. The molecular formula is C56H44N4. The van der Waals surface area contributed by atoms with Crippen LogP contribution >= 0.6 is 0 Å². The van der Waals surface area contributed by atoms with E-state index in [4.69, 9.17) is 0 Å². The van der Waals surface area contributed by atoms with Crippen molar-refractivity contribution in [3.63, 3.8) is 0 Å². The van der Waals surface area contributed by atoms with Gasteiger partial charge in [0.15, 0.2) is 0 Å². The second-order valence-corrected chi connectivity index (χ2v) is 14.4. The van der Waals surface area contributed by atoms with Crippen LogP contribution in [0, 0.1) is 0 Å². The molecule has 0 aliphatic heterocycles. The van der Waals surface area contributed by atoms with Gasteiger partial charge in [-0.25, -0.2) is 0 Å². The summed E-state index contributed by atoms with van der Waals surface area (Å²) in [5, 5.41) is 8.18. The molecule has 60 heavy (non-hydrogen) atoms. The van der Waals surface area contributed by atoms with Crippen molar-refractivity contribution in [1.82, 2.24) is 0 Å². The average molecular weight is 773 g/mol. The summed E-state index contributed by atoms with van der Waals surface area (Å²) in [7, 11) is 0. The Labute approximate surface area is 352 Å². The Morgan fingerprint density at radius 2 is 0.683 bits per heavy atom. The normalized spacial score (nSPS) is 11.3. The van der Waals surface area contributed by atoms with E-state index in [9.17, 15) is 0 Å². The van der Waals surface area contributed by atoms with Crippen LogP contribution in [0.3, 0.4) is 0 Å². The number of para-hydroxylation sites is 2. The number of anilines is 10. The number of hydrogen-bond donors (Lipinski definition) is 1. The van der Waals surface area contributed by atoms with Gasteiger partial charge in [-0.2, -0.15) is 0 Å². The van der Waals surface area contributed by atoms with Crippen molar-refractivity contribution in [3.05, 3.63) is 255 Å². The van der Waals surface area contributed by atoms with Gasteiger partial charge >= 0.3 is 0 Å². The molecular weight excluding hydrogens is 729 g/mol. The Hall–Kier alpha value is -8.08.